The molecule has 3 N–H and O–H groups in total. The number of amides is 2. The van der Waals surface area contributed by atoms with E-state index in [-0.39, 0.29) is 10.9 Å². The monoisotopic (exact) mass is 340 g/mol. The first-order valence-electron chi connectivity index (χ1n) is 7.77. The third-order valence-corrected chi connectivity index (χ3v) is 4.98. The summed E-state index contributed by atoms with van der Waals surface area (Å²) in [5.41, 5.74) is 0.952. The Kier molecular flexibility index (Phi) is 5.97. The maximum atomic E-state index is 12.1. The van der Waals surface area contributed by atoms with Crippen LogP contribution in [0.3, 0.4) is 0 Å². The van der Waals surface area contributed by atoms with Crippen molar-refractivity contribution < 1.29 is 13.2 Å². The number of urea groups is 1. The van der Waals surface area contributed by atoms with Crippen molar-refractivity contribution in [1.29, 1.82) is 0 Å². The summed E-state index contributed by atoms with van der Waals surface area (Å²) in [6, 6.07) is 6.35. The van der Waals surface area contributed by atoms with E-state index in [9.17, 15) is 13.2 Å². The molecule has 2 rings (SSSR count). The number of sulfonamides is 1. The van der Waals surface area contributed by atoms with E-state index in [0.29, 0.717) is 13.0 Å². The molecule has 8 heteroatoms. The summed E-state index contributed by atoms with van der Waals surface area (Å²) in [5, 5.41) is 7.96. The highest BCUT2D eigenvalue weighted by Crippen LogP contribution is 2.09. The van der Waals surface area contributed by atoms with E-state index in [1.54, 1.807) is 12.1 Å². The Hall–Kier alpha value is -1.64. The fourth-order valence-corrected chi connectivity index (χ4v) is 3.05. The molecule has 1 fully saturated rings. The molecule has 1 aromatic rings. The molecule has 1 aliphatic rings. The van der Waals surface area contributed by atoms with Crippen molar-refractivity contribution in [2.45, 2.75) is 18.2 Å². The van der Waals surface area contributed by atoms with Crippen molar-refractivity contribution in [2.24, 2.45) is 5.14 Å². The van der Waals surface area contributed by atoms with Crippen molar-refractivity contribution in [3.63, 3.8) is 0 Å². The number of rotatable bonds is 5. The van der Waals surface area contributed by atoms with Gasteiger partial charge in [-0.2, -0.15) is 0 Å². The lowest BCUT2D eigenvalue weighted by Crippen LogP contribution is -2.51. The molecule has 0 saturated carbocycles. The van der Waals surface area contributed by atoms with Crippen molar-refractivity contribution in [3.05, 3.63) is 29.8 Å². The second-order valence-corrected chi connectivity index (χ2v) is 7.15. The van der Waals surface area contributed by atoms with Gasteiger partial charge in [-0.3, -0.25) is 0 Å². The Labute approximate surface area is 137 Å². The molecule has 0 bridgehead atoms. The van der Waals surface area contributed by atoms with Gasteiger partial charge in [-0.1, -0.05) is 19.1 Å². The van der Waals surface area contributed by atoms with Gasteiger partial charge in [0.25, 0.3) is 0 Å². The van der Waals surface area contributed by atoms with Crippen molar-refractivity contribution in [2.75, 3.05) is 39.3 Å². The van der Waals surface area contributed by atoms with Crippen LogP contribution in [0.25, 0.3) is 0 Å². The molecule has 0 unspecified atom stereocenters. The minimum atomic E-state index is -3.66. The number of nitrogens with zero attached hydrogens (tertiary/aromatic N) is 2. The van der Waals surface area contributed by atoms with Gasteiger partial charge in [-0.15, -0.1) is 0 Å². The summed E-state index contributed by atoms with van der Waals surface area (Å²) < 4.78 is 22.4. The first-order valence-corrected chi connectivity index (χ1v) is 9.31. The minimum Gasteiger partial charge on any atom is -0.338 e. The molecule has 1 aliphatic heterocycles. The lowest BCUT2D eigenvalue weighted by Gasteiger charge is -2.34. The quantitative estimate of drug-likeness (QED) is 0.802. The van der Waals surface area contributed by atoms with Crippen LogP contribution in [0, 0.1) is 0 Å². The number of hydrogen-bond donors (Lipinski definition) is 2. The molecular weight excluding hydrogens is 316 g/mol. The van der Waals surface area contributed by atoms with Gasteiger partial charge in [0.2, 0.25) is 10.0 Å². The second-order valence-electron chi connectivity index (χ2n) is 5.59. The molecule has 2 amide bonds. The van der Waals surface area contributed by atoms with Gasteiger partial charge in [0.05, 0.1) is 4.90 Å². The van der Waals surface area contributed by atoms with Crippen LogP contribution in [-0.2, 0) is 16.4 Å². The van der Waals surface area contributed by atoms with Gasteiger partial charge >= 0.3 is 6.03 Å². The highest BCUT2D eigenvalue weighted by molar-refractivity contribution is 7.89. The van der Waals surface area contributed by atoms with Crippen LogP contribution in [0.5, 0.6) is 0 Å². The number of carbonyl (C=O) groups excluding carboxylic acids is 1. The molecular formula is C15H24N4O3S. The fraction of sp³-hybridized carbons (Fsp3) is 0.533. The van der Waals surface area contributed by atoms with Gasteiger partial charge in [0.15, 0.2) is 0 Å². The molecule has 0 atom stereocenters. The summed E-state index contributed by atoms with van der Waals surface area (Å²) in [6.45, 7) is 6.99. The number of benzene rings is 1. The molecule has 128 valence electrons. The molecule has 1 aromatic carbocycles. The molecule has 0 aliphatic carbocycles. The summed E-state index contributed by atoms with van der Waals surface area (Å²) in [6.07, 6.45) is 0.644. The number of carbonyl (C=O) groups is 1. The third-order valence-electron chi connectivity index (χ3n) is 4.05. The lowest BCUT2D eigenvalue weighted by atomic mass is 10.1. The Morgan fingerprint density at radius 1 is 1.17 bits per heavy atom. The zero-order chi connectivity index (χ0) is 16.9. The zero-order valence-electron chi connectivity index (χ0n) is 13.4. The number of nitrogens with two attached hydrogens (primary N) is 1. The number of primary sulfonamides is 1. The number of nitrogens with one attached hydrogen (secondary N) is 1. The Morgan fingerprint density at radius 3 is 2.30 bits per heavy atom. The van der Waals surface area contributed by atoms with Crippen molar-refractivity contribution >= 4 is 16.1 Å². The van der Waals surface area contributed by atoms with Crippen molar-refractivity contribution in [3.8, 4) is 0 Å². The normalized spacial score (nSPS) is 16.3. The predicted octanol–water partition coefficient (Wildman–Crippen LogP) is 0.224. The largest absolute Gasteiger partial charge is 0.338 e. The highest BCUT2D eigenvalue weighted by atomic mass is 32.2. The summed E-state index contributed by atoms with van der Waals surface area (Å²) in [5.74, 6) is 0. The number of hydrogen-bond acceptors (Lipinski definition) is 4. The molecule has 0 radical (unpaired) electrons. The van der Waals surface area contributed by atoms with Crippen LogP contribution in [0.1, 0.15) is 12.5 Å². The van der Waals surface area contributed by atoms with Crippen LogP contribution < -0.4 is 10.5 Å². The maximum Gasteiger partial charge on any atom is 0.317 e. The third kappa shape index (κ3) is 5.19. The summed E-state index contributed by atoms with van der Waals surface area (Å²) in [7, 11) is -3.66. The van der Waals surface area contributed by atoms with Gasteiger partial charge < -0.3 is 15.1 Å². The SMILES string of the molecule is CCN1CCN(C(=O)NCCc2ccc(S(N)(=O)=O)cc2)CC1. The molecule has 7 nitrogen and oxygen atoms in total. The Bertz CT molecular complexity index is 623. The zero-order valence-corrected chi connectivity index (χ0v) is 14.2. The summed E-state index contributed by atoms with van der Waals surface area (Å²) in [4.78, 5) is 16.3. The standard InChI is InChI=1S/C15H24N4O3S/c1-2-18-9-11-19(12-10-18)15(20)17-8-7-13-3-5-14(6-4-13)23(16,21)22/h3-6H,2,7-12H2,1H3,(H,17,20)(H2,16,21,22). The first-order chi connectivity index (χ1) is 10.9. The predicted molar refractivity (Wildman–Crippen MR) is 88.6 cm³/mol. The minimum absolute atomic E-state index is 0.0399. The fourth-order valence-electron chi connectivity index (χ4n) is 2.54. The highest BCUT2D eigenvalue weighted by Gasteiger charge is 2.19. The van der Waals surface area contributed by atoms with Crippen LogP contribution >= 0.6 is 0 Å². The van der Waals surface area contributed by atoms with E-state index >= 15 is 0 Å². The Morgan fingerprint density at radius 2 is 1.78 bits per heavy atom. The van der Waals surface area contributed by atoms with Crippen molar-refractivity contribution in [1.82, 2.24) is 15.1 Å². The molecule has 1 heterocycles. The van der Waals surface area contributed by atoms with Gasteiger partial charge in [-0.25, -0.2) is 18.4 Å². The van der Waals surface area contributed by atoms with Gasteiger partial charge in [0, 0.05) is 32.7 Å². The smallest absolute Gasteiger partial charge is 0.317 e. The first kappa shape index (κ1) is 17.7. The van der Waals surface area contributed by atoms with Gasteiger partial charge in [-0.05, 0) is 30.7 Å². The topological polar surface area (TPSA) is 95.7 Å². The molecule has 23 heavy (non-hydrogen) atoms. The van der Waals surface area contributed by atoms with E-state index in [4.69, 9.17) is 5.14 Å². The molecule has 1 saturated heterocycles. The second kappa shape index (κ2) is 7.76. The molecule has 0 aromatic heterocycles. The maximum absolute atomic E-state index is 12.1. The van der Waals surface area contributed by atoms with E-state index in [1.165, 1.54) is 12.1 Å². The lowest BCUT2D eigenvalue weighted by molar-refractivity contribution is 0.143. The number of likely N-dealkylation sites (N-methyl/N-ethyl adjacent to an activating group) is 1. The van der Waals surface area contributed by atoms with E-state index < -0.39 is 10.0 Å². The van der Waals surface area contributed by atoms with Crippen LogP contribution in [0.4, 0.5) is 4.79 Å². The van der Waals surface area contributed by atoms with Crippen LogP contribution in [-0.4, -0.2) is 63.5 Å². The van der Waals surface area contributed by atoms with E-state index in [0.717, 1.165) is 38.3 Å². The molecule has 0 spiro atoms. The Balaban J connectivity index is 1.75. The van der Waals surface area contributed by atoms with Gasteiger partial charge in [0.1, 0.15) is 0 Å². The number of piperazine rings is 1. The van der Waals surface area contributed by atoms with Crippen LogP contribution in [0.2, 0.25) is 0 Å². The average molecular weight is 340 g/mol. The summed E-state index contributed by atoms with van der Waals surface area (Å²) >= 11 is 0. The van der Waals surface area contributed by atoms with E-state index in [1.807, 2.05) is 4.90 Å². The average Bonchev–Trinajstić information content (AvgIpc) is 2.54. The van der Waals surface area contributed by atoms with E-state index in [2.05, 4.69) is 17.1 Å². The van der Waals surface area contributed by atoms with Crippen LogP contribution in [0.15, 0.2) is 29.2 Å².